The lowest BCUT2D eigenvalue weighted by atomic mass is 10.2. The third kappa shape index (κ3) is 5.44. The molecule has 1 aliphatic rings. The molecule has 2 aromatic heterocycles. The molecule has 1 aliphatic heterocycles. The average molecular weight is 421 g/mol. The van der Waals surface area contributed by atoms with Gasteiger partial charge >= 0.3 is 0 Å². The van der Waals surface area contributed by atoms with Crippen LogP contribution in [0.1, 0.15) is 0 Å². The number of pyridine rings is 1. The summed E-state index contributed by atoms with van der Waals surface area (Å²) in [6.45, 7) is 1.04. The molecule has 1 aromatic carbocycles. The maximum atomic E-state index is 10.9. The van der Waals surface area contributed by atoms with Gasteiger partial charge in [0.15, 0.2) is 30.0 Å². The van der Waals surface area contributed by atoms with Crippen LogP contribution in [0.25, 0.3) is 0 Å². The number of benzene rings is 1. The summed E-state index contributed by atoms with van der Waals surface area (Å²) >= 11 is 1.53. The van der Waals surface area contributed by atoms with Crippen LogP contribution in [0, 0.1) is 0 Å². The Morgan fingerprint density at radius 2 is 1.82 bits per heavy atom. The van der Waals surface area contributed by atoms with Crippen LogP contribution in [0.5, 0.6) is 11.5 Å². The van der Waals surface area contributed by atoms with Gasteiger partial charge in [0.25, 0.3) is 0 Å². The second kappa shape index (κ2) is 9.05. The van der Waals surface area contributed by atoms with Crippen molar-refractivity contribution >= 4 is 27.1 Å². The van der Waals surface area contributed by atoms with E-state index in [9.17, 15) is 13.0 Å². The van der Waals surface area contributed by atoms with Gasteiger partial charge in [-0.15, -0.1) is 11.3 Å². The van der Waals surface area contributed by atoms with E-state index >= 15 is 0 Å². The Hall–Kier alpha value is -2.62. The Kier molecular flexibility index (Phi) is 6.50. The van der Waals surface area contributed by atoms with Gasteiger partial charge < -0.3 is 18.9 Å². The van der Waals surface area contributed by atoms with E-state index in [-0.39, 0.29) is 11.0 Å². The van der Waals surface area contributed by atoms with Gasteiger partial charge in [0.05, 0.1) is 11.4 Å². The minimum Gasteiger partial charge on any atom is -0.744 e. The quantitative estimate of drug-likeness (QED) is 0.602. The summed E-state index contributed by atoms with van der Waals surface area (Å²) in [5.74, 6) is 1.52. The number of likely N-dealkylation sites (N-methyl/N-ethyl adjacent to an activating group) is 1. The first-order valence-corrected chi connectivity index (χ1v) is 10.8. The summed E-state index contributed by atoms with van der Waals surface area (Å²) in [6, 6.07) is 11.7. The summed E-state index contributed by atoms with van der Waals surface area (Å²) in [4.78, 5) is 4.58. The summed E-state index contributed by atoms with van der Waals surface area (Å²) in [5.41, 5.74) is 0.798. The van der Waals surface area contributed by atoms with Gasteiger partial charge in [0, 0.05) is 35.6 Å². The van der Waals surface area contributed by atoms with E-state index in [4.69, 9.17) is 9.47 Å². The molecule has 3 heterocycles. The number of anilines is 1. The highest BCUT2D eigenvalue weighted by atomic mass is 32.2. The van der Waals surface area contributed by atoms with Gasteiger partial charge in [-0.05, 0) is 24.3 Å². The third-order valence-corrected chi connectivity index (χ3v) is 5.51. The Balaban J connectivity index is 0.000000320. The molecule has 0 aliphatic carbocycles. The van der Waals surface area contributed by atoms with Crippen molar-refractivity contribution in [3.05, 3.63) is 65.6 Å². The first-order valence-electron chi connectivity index (χ1n) is 8.47. The Morgan fingerprint density at radius 3 is 2.39 bits per heavy atom. The molecule has 148 valence electrons. The molecule has 0 spiro atoms. The maximum Gasteiger partial charge on any atom is 0.172 e. The number of aromatic nitrogens is 1. The molecule has 0 saturated carbocycles. The van der Waals surface area contributed by atoms with Gasteiger partial charge in [-0.1, -0.05) is 6.07 Å². The molecule has 1 N–H and O–H groups in total. The number of aromatic amines is 1. The first kappa shape index (κ1) is 20.1. The highest BCUT2D eigenvalue weighted by molar-refractivity contribution is 7.85. The summed E-state index contributed by atoms with van der Waals surface area (Å²) in [5, 5.41) is 3.80. The summed E-state index contributed by atoms with van der Waals surface area (Å²) < 4.78 is 44.2. The van der Waals surface area contributed by atoms with Crippen LogP contribution in [0.4, 0.5) is 5.69 Å². The van der Waals surface area contributed by atoms with Crippen molar-refractivity contribution < 1.29 is 27.4 Å². The number of rotatable bonds is 4. The Labute approximate surface area is 167 Å². The Morgan fingerprint density at radius 1 is 1.14 bits per heavy atom. The zero-order valence-corrected chi connectivity index (χ0v) is 16.8. The normalized spacial score (nSPS) is 15.3. The van der Waals surface area contributed by atoms with Crippen LogP contribution in [-0.2, 0) is 10.1 Å². The molecule has 9 heteroatoms. The average Bonchev–Trinajstić information content (AvgIpc) is 3.17. The predicted molar refractivity (Wildman–Crippen MR) is 105 cm³/mol. The first-order chi connectivity index (χ1) is 13.4. The fraction of sp³-hybridized carbons (Fsp3) is 0.211. The number of hydrogen-bond acceptors (Lipinski definition) is 7. The zero-order valence-electron chi connectivity index (χ0n) is 15.1. The highest BCUT2D eigenvalue weighted by Crippen LogP contribution is 2.35. The van der Waals surface area contributed by atoms with Crippen LogP contribution in [0.15, 0.2) is 70.5 Å². The summed E-state index contributed by atoms with van der Waals surface area (Å²) in [7, 11) is -2.54. The van der Waals surface area contributed by atoms with Crippen molar-refractivity contribution in [1.82, 2.24) is 0 Å². The van der Waals surface area contributed by atoms with Gasteiger partial charge in [0.2, 0.25) is 0 Å². The number of nitrogens with zero attached hydrogens (tertiary/aromatic N) is 1. The number of thiophene rings is 1. The van der Waals surface area contributed by atoms with Crippen LogP contribution >= 0.6 is 11.3 Å². The second-order valence-corrected chi connectivity index (χ2v) is 8.18. The molecule has 7 nitrogen and oxygen atoms in total. The zero-order chi connectivity index (χ0) is 20.0. The smallest absolute Gasteiger partial charge is 0.172 e. The van der Waals surface area contributed by atoms with E-state index in [1.807, 2.05) is 53.3 Å². The van der Waals surface area contributed by atoms with E-state index in [1.165, 1.54) is 23.5 Å². The van der Waals surface area contributed by atoms with Crippen molar-refractivity contribution in [2.45, 2.75) is 11.0 Å². The van der Waals surface area contributed by atoms with Gasteiger partial charge in [-0.2, -0.15) is 0 Å². The van der Waals surface area contributed by atoms with Gasteiger partial charge in [-0.25, -0.2) is 13.4 Å². The lowest BCUT2D eigenvalue weighted by Crippen LogP contribution is -2.39. The van der Waals surface area contributed by atoms with Crippen molar-refractivity contribution in [3.63, 3.8) is 0 Å². The molecular weight excluding hydrogens is 400 g/mol. The Bertz CT molecular complexity index is 948. The van der Waals surface area contributed by atoms with Crippen LogP contribution in [-0.4, -0.2) is 39.3 Å². The summed E-state index contributed by atoms with van der Waals surface area (Å²) in [6.07, 6.45) is 3.63. The minimum absolute atomic E-state index is 0.116. The number of fused-ring (bicyclic) bond motifs is 1. The van der Waals surface area contributed by atoms with E-state index in [0.717, 1.165) is 17.2 Å². The molecular formula is C19H20N2O5S2. The largest absolute Gasteiger partial charge is 0.744 e. The molecule has 0 radical (unpaired) electrons. The van der Waals surface area contributed by atoms with Gasteiger partial charge in [-0.3, -0.25) is 0 Å². The van der Waals surface area contributed by atoms with E-state index < -0.39 is 10.1 Å². The molecule has 0 fully saturated rings. The second-order valence-electron chi connectivity index (χ2n) is 6.06. The van der Waals surface area contributed by atoms with Crippen LogP contribution in [0.3, 0.4) is 0 Å². The lowest BCUT2D eigenvalue weighted by Gasteiger charge is -2.29. The SMILES string of the molecule is CN(CC1COc2cscc2O1)c1ccc(S(=O)(=O)[O-])cc1.c1cc[nH+]cc1. The fourth-order valence-corrected chi connectivity index (χ4v) is 3.71. The van der Waals surface area contributed by atoms with E-state index in [2.05, 4.69) is 4.98 Å². The molecule has 3 aromatic rings. The maximum absolute atomic E-state index is 10.9. The third-order valence-electron chi connectivity index (χ3n) is 3.96. The molecule has 4 rings (SSSR count). The molecule has 0 amide bonds. The highest BCUT2D eigenvalue weighted by Gasteiger charge is 2.23. The van der Waals surface area contributed by atoms with E-state index in [0.29, 0.717) is 13.2 Å². The molecule has 0 bridgehead atoms. The van der Waals surface area contributed by atoms with Crippen molar-refractivity contribution in [2.24, 2.45) is 0 Å². The minimum atomic E-state index is -4.41. The van der Waals surface area contributed by atoms with E-state index in [1.54, 1.807) is 12.1 Å². The number of hydrogen-bond donors (Lipinski definition) is 0. The number of H-pyrrole nitrogens is 1. The molecule has 0 saturated heterocycles. The van der Waals surface area contributed by atoms with Crippen molar-refractivity contribution in [2.75, 3.05) is 25.1 Å². The topological polar surface area (TPSA) is 93.0 Å². The monoisotopic (exact) mass is 420 g/mol. The number of ether oxygens (including phenoxy) is 2. The van der Waals surface area contributed by atoms with Crippen molar-refractivity contribution in [1.29, 1.82) is 0 Å². The standard InChI is InChI=1S/C14H15NO5S2.C5H5N/c1-15(10-2-4-12(5-3-10)22(16,17)18)6-11-7-19-13-8-21-9-14(13)20-11;1-2-4-6-5-3-1/h2-5,8-9,11H,6-7H2,1H3,(H,16,17,18);1-5H. The van der Waals surface area contributed by atoms with Gasteiger partial charge in [0.1, 0.15) is 16.7 Å². The fourth-order valence-electron chi connectivity index (χ4n) is 2.57. The lowest BCUT2D eigenvalue weighted by molar-refractivity contribution is -0.377. The van der Waals surface area contributed by atoms with Crippen LogP contribution in [0.2, 0.25) is 0 Å². The molecule has 1 unspecified atom stereocenters. The molecule has 1 atom stereocenters. The molecule has 28 heavy (non-hydrogen) atoms. The van der Waals surface area contributed by atoms with Crippen LogP contribution < -0.4 is 19.4 Å². The number of nitrogens with one attached hydrogen (secondary N) is 1. The van der Waals surface area contributed by atoms with Crippen molar-refractivity contribution in [3.8, 4) is 11.5 Å². The predicted octanol–water partition coefficient (Wildman–Crippen LogP) is 2.43.